The fourth-order valence-electron chi connectivity index (χ4n) is 4.61. The molecule has 0 spiro atoms. The number of hydrogen-bond donors (Lipinski definition) is 0. The molecule has 0 radical (unpaired) electrons. The van der Waals surface area contributed by atoms with Crippen LogP contribution in [0.5, 0.6) is 0 Å². The molecule has 0 N–H and O–H groups in total. The number of aromatic nitrogens is 3. The molecule has 0 saturated carbocycles. The highest BCUT2D eigenvalue weighted by Crippen LogP contribution is 2.29. The molecule has 2 fully saturated rings. The second kappa shape index (κ2) is 8.48. The van der Waals surface area contributed by atoms with E-state index in [0.717, 1.165) is 86.3 Å². The molecule has 3 aromatic rings. The molecule has 0 bridgehead atoms. The topological polar surface area (TPSA) is 62.2 Å². The first kappa shape index (κ1) is 19.1. The summed E-state index contributed by atoms with van der Waals surface area (Å²) in [4.78, 5) is 29.9. The highest BCUT2D eigenvalue weighted by atomic mass is 16.2. The Hall–Kier alpha value is -2.86. The van der Waals surface area contributed by atoms with Gasteiger partial charge in [-0.3, -0.25) is 9.78 Å². The molecule has 5 heterocycles. The molecule has 2 saturated heterocycles. The summed E-state index contributed by atoms with van der Waals surface area (Å²) in [5, 5.41) is 1.07. The Morgan fingerprint density at radius 3 is 2.57 bits per heavy atom. The lowest BCUT2D eigenvalue weighted by Crippen LogP contribution is -2.39. The molecule has 0 atom stereocenters. The van der Waals surface area contributed by atoms with Gasteiger partial charge in [0.2, 0.25) is 5.91 Å². The van der Waals surface area contributed by atoms with Crippen LogP contribution in [-0.2, 0) is 4.79 Å². The van der Waals surface area contributed by atoms with E-state index in [4.69, 9.17) is 4.98 Å². The van der Waals surface area contributed by atoms with Gasteiger partial charge in [-0.1, -0.05) is 0 Å². The number of hydrogen-bond acceptors (Lipinski definition) is 5. The first-order valence-corrected chi connectivity index (χ1v) is 10.9. The van der Waals surface area contributed by atoms with E-state index in [0.29, 0.717) is 11.8 Å². The molecular formula is C24H27N5O. The summed E-state index contributed by atoms with van der Waals surface area (Å²) in [5.74, 6) is 0.811. The normalized spacial score (nSPS) is 18.4. The van der Waals surface area contributed by atoms with E-state index in [1.54, 1.807) is 12.4 Å². The molecule has 0 aromatic carbocycles. The van der Waals surface area contributed by atoms with Crippen LogP contribution in [0, 0.1) is 0 Å². The number of carbonyl (C=O) groups excluding carboxylic acids is 1. The molecule has 6 nitrogen and oxygen atoms in total. The molecule has 6 heteroatoms. The van der Waals surface area contributed by atoms with E-state index < -0.39 is 0 Å². The van der Waals surface area contributed by atoms with Gasteiger partial charge in [-0.25, -0.2) is 9.97 Å². The monoisotopic (exact) mass is 401 g/mol. The lowest BCUT2D eigenvalue weighted by Gasteiger charge is -2.32. The number of fused-ring (bicyclic) bond motifs is 1. The maximum atomic E-state index is 11.8. The number of carbonyl (C=O) groups is 1. The van der Waals surface area contributed by atoms with Crippen molar-refractivity contribution >= 4 is 16.9 Å². The summed E-state index contributed by atoms with van der Waals surface area (Å²) in [5.41, 5.74) is 4.18. The molecule has 5 rings (SSSR count). The van der Waals surface area contributed by atoms with Crippen molar-refractivity contribution in [2.75, 3.05) is 32.7 Å². The standard InChI is InChI=1S/C24H27N5O/c30-23-2-1-11-29(23)15-14-28-12-7-19(8-13-28)22-4-3-20-16-21(17-26-24(20)27-22)18-5-9-25-10-6-18/h3-6,9-10,16-17,19H,1-2,7-8,11-15H2. The molecule has 2 aliphatic rings. The average molecular weight is 402 g/mol. The molecule has 1 amide bonds. The van der Waals surface area contributed by atoms with Crippen LogP contribution in [0.1, 0.15) is 37.3 Å². The van der Waals surface area contributed by atoms with Crippen molar-refractivity contribution in [1.82, 2.24) is 24.8 Å². The summed E-state index contributed by atoms with van der Waals surface area (Å²) in [6.07, 6.45) is 9.48. The lowest BCUT2D eigenvalue weighted by atomic mass is 9.92. The third kappa shape index (κ3) is 4.05. The Bertz CT molecular complexity index is 1030. The van der Waals surface area contributed by atoms with Gasteiger partial charge in [0.15, 0.2) is 5.65 Å². The Kier molecular flexibility index (Phi) is 5.41. The van der Waals surface area contributed by atoms with E-state index in [2.05, 4.69) is 33.1 Å². The number of pyridine rings is 3. The maximum absolute atomic E-state index is 11.8. The average Bonchev–Trinajstić information content (AvgIpc) is 3.22. The van der Waals surface area contributed by atoms with Gasteiger partial charge in [0, 0.05) is 67.2 Å². The lowest BCUT2D eigenvalue weighted by molar-refractivity contribution is -0.127. The Balaban J connectivity index is 1.22. The molecule has 0 aliphatic carbocycles. The quantitative estimate of drug-likeness (QED) is 0.655. The van der Waals surface area contributed by atoms with E-state index in [1.165, 1.54) is 0 Å². The zero-order valence-electron chi connectivity index (χ0n) is 17.2. The number of piperidine rings is 1. The number of rotatable bonds is 5. The van der Waals surface area contributed by atoms with Crippen molar-refractivity contribution in [3.05, 3.63) is 54.6 Å². The molecule has 154 valence electrons. The summed E-state index contributed by atoms with van der Waals surface area (Å²) in [6, 6.07) is 10.5. The van der Waals surface area contributed by atoms with Gasteiger partial charge in [-0.2, -0.15) is 0 Å². The van der Waals surface area contributed by atoms with Gasteiger partial charge in [0.25, 0.3) is 0 Å². The third-order valence-electron chi connectivity index (χ3n) is 6.44. The minimum Gasteiger partial charge on any atom is -0.341 e. The van der Waals surface area contributed by atoms with Gasteiger partial charge >= 0.3 is 0 Å². The SMILES string of the molecule is O=C1CCCN1CCN1CCC(c2ccc3cc(-c4ccncc4)cnc3n2)CC1. The van der Waals surface area contributed by atoms with Crippen LogP contribution in [0.2, 0.25) is 0 Å². The van der Waals surface area contributed by atoms with Gasteiger partial charge in [-0.05, 0) is 68.2 Å². The minimum atomic E-state index is 0.324. The predicted octanol–water partition coefficient (Wildman–Crippen LogP) is 3.49. The number of nitrogens with zero attached hydrogens (tertiary/aromatic N) is 5. The fourth-order valence-corrected chi connectivity index (χ4v) is 4.61. The Labute approximate surface area is 177 Å². The maximum Gasteiger partial charge on any atom is 0.222 e. The van der Waals surface area contributed by atoms with Crippen molar-refractivity contribution in [2.45, 2.75) is 31.6 Å². The van der Waals surface area contributed by atoms with Crippen molar-refractivity contribution in [2.24, 2.45) is 0 Å². The van der Waals surface area contributed by atoms with Crippen molar-refractivity contribution < 1.29 is 4.79 Å². The van der Waals surface area contributed by atoms with E-state index in [1.807, 2.05) is 23.2 Å². The molecule has 2 aliphatic heterocycles. The smallest absolute Gasteiger partial charge is 0.222 e. The second-order valence-corrected chi connectivity index (χ2v) is 8.34. The summed E-state index contributed by atoms with van der Waals surface area (Å²) in [6.45, 7) is 4.94. The first-order chi connectivity index (χ1) is 14.8. The zero-order chi connectivity index (χ0) is 20.3. The van der Waals surface area contributed by atoms with Crippen molar-refractivity contribution in [1.29, 1.82) is 0 Å². The van der Waals surface area contributed by atoms with Gasteiger partial charge in [-0.15, -0.1) is 0 Å². The number of likely N-dealkylation sites (tertiary alicyclic amines) is 2. The molecule has 3 aromatic heterocycles. The van der Waals surface area contributed by atoms with Crippen LogP contribution in [0.3, 0.4) is 0 Å². The highest BCUT2D eigenvalue weighted by molar-refractivity contribution is 5.81. The zero-order valence-corrected chi connectivity index (χ0v) is 17.2. The second-order valence-electron chi connectivity index (χ2n) is 8.34. The molecule has 30 heavy (non-hydrogen) atoms. The van der Waals surface area contributed by atoms with Crippen LogP contribution in [0.25, 0.3) is 22.2 Å². The van der Waals surface area contributed by atoms with Crippen molar-refractivity contribution in [3.8, 4) is 11.1 Å². The van der Waals surface area contributed by atoms with Crippen LogP contribution in [0.15, 0.2) is 48.9 Å². The molecular weight excluding hydrogens is 374 g/mol. The van der Waals surface area contributed by atoms with E-state index in [9.17, 15) is 4.79 Å². The van der Waals surface area contributed by atoms with Crippen LogP contribution >= 0.6 is 0 Å². The van der Waals surface area contributed by atoms with E-state index in [-0.39, 0.29) is 0 Å². The van der Waals surface area contributed by atoms with Crippen LogP contribution in [-0.4, -0.2) is 63.4 Å². The first-order valence-electron chi connectivity index (χ1n) is 10.9. The Morgan fingerprint density at radius 2 is 1.80 bits per heavy atom. The van der Waals surface area contributed by atoms with Gasteiger partial charge in [0.05, 0.1) is 0 Å². The third-order valence-corrected chi connectivity index (χ3v) is 6.44. The van der Waals surface area contributed by atoms with Crippen molar-refractivity contribution in [3.63, 3.8) is 0 Å². The van der Waals surface area contributed by atoms with Crippen LogP contribution < -0.4 is 0 Å². The van der Waals surface area contributed by atoms with Gasteiger partial charge in [0.1, 0.15) is 0 Å². The Morgan fingerprint density at radius 1 is 0.967 bits per heavy atom. The molecule has 0 unspecified atom stereocenters. The van der Waals surface area contributed by atoms with E-state index >= 15 is 0 Å². The summed E-state index contributed by atoms with van der Waals surface area (Å²) < 4.78 is 0. The van der Waals surface area contributed by atoms with Gasteiger partial charge < -0.3 is 9.80 Å². The fraction of sp³-hybridized carbons (Fsp3) is 0.417. The summed E-state index contributed by atoms with van der Waals surface area (Å²) >= 11 is 0. The minimum absolute atomic E-state index is 0.324. The predicted molar refractivity (Wildman–Crippen MR) is 117 cm³/mol. The van der Waals surface area contributed by atoms with Crippen LogP contribution in [0.4, 0.5) is 0 Å². The highest BCUT2D eigenvalue weighted by Gasteiger charge is 2.24. The largest absolute Gasteiger partial charge is 0.341 e. The number of amides is 1. The summed E-state index contributed by atoms with van der Waals surface area (Å²) in [7, 11) is 0.